The first-order valence-electron chi connectivity index (χ1n) is 6.70. The Balaban J connectivity index is 2.35. The van der Waals surface area contributed by atoms with E-state index in [1.54, 1.807) is 0 Å². The Hall–Kier alpha value is -1.02. The van der Waals surface area contributed by atoms with Gasteiger partial charge in [0.25, 0.3) is 0 Å². The Morgan fingerprint density at radius 1 is 1.00 bits per heavy atom. The maximum absolute atomic E-state index is 8.71. The van der Waals surface area contributed by atoms with Crippen LogP contribution >= 0.6 is 0 Å². The number of unbranched alkanes of at least 4 members (excludes halogenated alkanes) is 3. The largest absolute Gasteiger partial charge is 0.396 e. The van der Waals surface area contributed by atoms with Crippen LogP contribution in [0.3, 0.4) is 0 Å². The highest BCUT2D eigenvalue weighted by molar-refractivity contribution is 5.47. The lowest BCUT2D eigenvalue weighted by Crippen LogP contribution is -2.23. The summed E-state index contributed by atoms with van der Waals surface area (Å²) in [5, 5.41) is 8.71. The summed E-state index contributed by atoms with van der Waals surface area (Å²) in [7, 11) is 0. The predicted octanol–water partition coefficient (Wildman–Crippen LogP) is 3.37. The molecule has 2 heteroatoms. The summed E-state index contributed by atoms with van der Waals surface area (Å²) >= 11 is 0. The standard InChI is InChI=1S/C15H25NO/c1-3-16(12-6-4-5-7-13-17)15-10-8-14(2)9-11-15/h8-11,17H,3-7,12-13H2,1-2H3. The number of hydrogen-bond donors (Lipinski definition) is 1. The molecule has 0 heterocycles. The minimum atomic E-state index is 0.329. The average molecular weight is 235 g/mol. The molecule has 0 amide bonds. The van der Waals surface area contributed by atoms with E-state index in [9.17, 15) is 0 Å². The number of hydrogen-bond acceptors (Lipinski definition) is 2. The summed E-state index contributed by atoms with van der Waals surface area (Å²) in [6.07, 6.45) is 4.50. The molecule has 1 aromatic rings. The molecule has 0 saturated carbocycles. The van der Waals surface area contributed by atoms with E-state index in [-0.39, 0.29) is 0 Å². The van der Waals surface area contributed by atoms with Crippen molar-refractivity contribution in [1.82, 2.24) is 0 Å². The van der Waals surface area contributed by atoms with Gasteiger partial charge in [-0.3, -0.25) is 0 Å². The van der Waals surface area contributed by atoms with Crippen LogP contribution in [0.25, 0.3) is 0 Å². The molecule has 0 spiro atoms. The van der Waals surface area contributed by atoms with E-state index >= 15 is 0 Å². The molecule has 0 unspecified atom stereocenters. The van der Waals surface area contributed by atoms with Crippen molar-refractivity contribution in [3.05, 3.63) is 29.8 Å². The summed E-state index contributed by atoms with van der Waals surface area (Å²) in [4.78, 5) is 2.42. The quantitative estimate of drug-likeness (QED) is 0.698. The minimum Gasteiger partial charge on any atom is -0.396 e. The van der Waals surface area contributed by atoms with E-state index in [2.05, 4.69) is 43.0 Å². The molecule has 0 radical (unpaired) electrons. The van der Waals surface area contributed by atoms with Gasteiger partial charge in [-0.25, -0.2) is 0 Å². The SMILES string of the molecule is CCN(CCCCCCO)c1ccc(C)cc1. The Bertz CT molecular complexity index is 294. The monoisotopic (exact) mass is 235 g/mol. The molecule has 0 aromatic heterocycles. The number of nitrogens with zero attached hydrogens (tertiary/aromatic N) is 1. The van der Waals surface area contributed by atoms with Crippen LogP contribution in [-0.4, -0.2) is 24.8 Å². The molecule has 0 fully saturated rings. The van der Waals surface area contributed by atoms with Crippen molar-refractivity contribution in [2.45, 2.75) is 39.5 Å². The fourth-order valence-corrected chi connectivity index (χ4v) is 1.99. The smallest absolute Gasteiger partial charge is 0.0431 e. The highest BCUT2D eigenvalue weighted by Gasteiger charge is 2.02. The van der Waals surface area contributed by atoms with Crippen LogP contribution in [0.15, 0.2) is 24.3 Å². The van der Waals surface area contributed by atoms with Crippen molar-refractivity contribution in [3.8, 4) is 0 Å². The van der Waals surface area contributed by atoms with Crippen LogP contribution in [0.2, 0.25) is 0 Å². The lowest BCUT2D eigenvalue weighted by Gasteiger charge is -2.23. The number of anilines is 1. The van der Waals surface area contributed by atoms with Crippen LogP contribution < -0.4 is 4.90 Å². The van der Waals surface area contributed by atoms with E-state index in [0.717, 1.165) is 25.9 Å². The Morgan fingerprint density at radius 2 is 1.65 bits per heavy atom. The molecule has 1 rings (SSSR count). The van der Waals surface area contributed by atoms with E-state index < -0.39 is 0 Å². The summed E-state index contributed by atoms with van der Waals surface area (Å²) in [6.45, 7) is 6.83. The van der Waals surface area contributed by atoms with Gasteiger partial charge in [0, 0.05) is 25.4 Å². The maximum Gasteiger partial charge on any atom is 0.0431 e. The van der Waals surface area contributed by atoms with Gasteiger partial charge in [-0.1, -0.05) is 30.5 Å². The zero-order valence-corrected chi connectivity index (χ0v) is 11.2. The molecule has 0 aliphatic rings. The Kier molecular flexibility index (Phi) is 6.71. The van der Waals surface area contributed by atoms with Crippen molar-refractivity contribution in [1.29, 1.82) is 0 Å². The van der Waals surface area contributed by atoms with Gasteiger partial charge >= 0.3 is 0 Å². The molecule has 2 nitrogen and oxygen atoms in total. The van der Waals surface area contributed by atoms with Crippen molar-refractivity contribution < 1.29 is 5.11 Å². The van der Waals surface area contributed by atoms with Gasteiger partial charge < -0.3 is 10.0 Å². The third-order valence-electron chi connectivity index (χ3n) is 3.12. The van der Waals surface area contributed by atoms with Crippen LogP contribution in [0.4, 0.5) is 5.69 Å². The third-order valence-corrected chi connectivity index (χ3v) is 3.12. The summed E-state index contributed by atoms with van der Waals surface area (Å²) in [5.41, 5.74) is 2.63. The van der Waals surface area contributed by atoms with Gasteiger partial charge in [-0.05, 0) is 38.8 Å². The van der Waals surface area contributed by atoms with Gasteiger partial charge in [0.05, 0.1) is 0 Å². The molecule has 0 aliphatic carbocycles. The van der Waals surface area contributed by atoms with Gasteiger partial charge in [0.15, 0.2) is 0 Å². The van der Waals surface area contributed by atoms with Crippen molar-refractivity contribution in [3.63, 3.8) is 0 Å². The highest BCUT2D eigenvalue weighted by atomic mass is 16.2. The molecule has 1 N–H and O–H groups in total. The van der Waals surface area contributed by atoms with Gasteiger partial charge in [-0.15, -0.1) is 0 Å². The summed E-state index contributed by atoms with van der Waals surface area (Å²) in [5.74, 6) is 0. The second-order valence-electron chi connectivity index (χ2n) is 4.55. The van der Waals surface area contributed by atoms with E-state index in [4.69, 9.17) is 5.11 Å². The molecule has 0 atom stereocenters. The molecule has 0 bridgehead atoms. The number of aliphatic hydroxyl groups is 1. The zero-order valence-electron chi connectivity index (χ0n) is 11.2. The molecule has 0 saturated heterocycles. The summed E-state index contributed by atoms with van der Waals surface area (Å²) < 4.78 is 0. The van der Waals surface area contributed by atoms with Crippen molar-refractivity contribution >= 4 is 5.69 Å². The first-order chi connectivity index (χ1) is 8.27. The second kappa shape index (κ2) is 8.13. The van der Waals surface area contributed by atoms with Crippen LogP contribution in [0.5, 0.6) is 0 Å². The van der Waals surface area contributed by atoms with Gasteiger partial charge in [0.2, 0.25) is 0 Å². The molecular formula is C15H25NO. The van der Waals surface area contributed by atoms with Gasteiger partial charge in [-0.2, -0.15) is 0 Å². The lowest BCUT2D eigenvalue weighted by atomic mass is 10.1. The van der Waals surface area contributed by atoms with Crippen LogP contribution in [0, 0.1) is 6.92 Å². The van der Waals surface area contributed by atoms with Crippen LogP contribution in [-0.2, 0) is 0 Å². The number of aryl methyl sites for hydroxylation is 1. The maximum atomic E-state index is 8.71. The molecule has 96 valence electrons. The second-order valence-corrected chi connectivity index (χ2v) is 4.55. The first kappa shape index (κ1) is 14.0. The highest BCUT2D eigenvalue weighted by Crippen LogP contribution is 2.15. The zero-order chi connectivity index (χ0) is 12.5. The first-order valence-corrected chi connectivity index (χ1v) is 6.70. The number of benzene rings is 1. The van der Waals surface area contributed by atoms with Crippen LogP contribution in [0.1, 0.15) is 38.2 Å². The van der Waals surface area contributed by atoms with Crippen molar-refractivity contribution in [2.75, 3.05) is 24.6 Å². The Morgan fingerprint density at radius 3 is 2.24 bits per heavy atom. The van der Waals surface area contributed by atoms with E-state index in [0.29, 0.717) is 6.61 Å². The lowest BCUT2D eigenvalue weighted by molar-refractivity contribution is 0.282. The molecular weight excluding hydrogens is 210 g/mol. The van der Waals surface area contributed by atoms with E-state index in [1.807, 2.05) is 0 Å². The Labute approximate surface area is 105 Å². The van der Waals surface area contributed by atoms with Gasteiger partial charge in [0.1, 0.15) is 0 Å². The van der Waals surface area contributed by atoms with Crippen molar-refractivity contribution in [2.24, 2.45) is 0 Å². The molecule has 0 aliphatic heterocycles. The van der Waals surface area contributed by atoms with E-state index in [1.165, 1.54) is 24.1 Å². The minimum absolute atomic E-state index is 0.329. The molecule has 17 heavy (non-hydrogen) atoms. The molecule has 1 aromatic carbocycles. The average Bonchev–Trinajstić information content (AvgIpc) is 2.35. The normalized spacial score (nSPS) is 10.5. The fourth-order valence-electron chi connectivity index (χ4n) is 1.99. The topological polar surface area (TPSA) is 23.5 Å². The third kappa shape index (κ3) is 5.22. The summed E-state index contributed by atoms with van der Waals surface area (Å²) in [6, 6.07) is 8.74. The number of aliphatic hydroxyl groups excluding tert-OH is 1. The number of rotatable bonds is 8. The fraction of sp³-hybridized carbons (Fsp3) is 0.600. The predicted molar refractivity (Wildman–Crippen MR) is 74.6 cm³/mol.